The molecule has 0 atom stereocenters. The molecular weight excluding hydrogens is 158 g/mol. The number of anilines is 1. The average Bonchev–Trinajstić information content (AvgIpc) is 2.08. The van der Waals surface area contributed by atoms with E-state index in [2.05, 4.69) is 0 Å². The lowest BCUT2D eigenvalue weighted by Crippen LogP contribution is -1.94. The first-order valence-corrected chi connectivity index (χ1v) is 3.30. The minimum atomic E-state index is -0.0891. The van der Waals surface area contributed by atoms with E-state index in [4.69, 9.17) is 10.5 Å². The summed E-state index contributed by atoms with van der Waals surface area (Å²) in [5.74, 6) is 0.173. The molecule has 0 radical (unpaired) electrons. The summed E-state index contributed by atoms with van der Waals surface area (Å²) in [6, 6.07) is 2.67. The van der Waals surface area contributed by atoms with Gasteiger partial charge in [0.15, 0.2) is 17.8 Å². The molecule has 1 aromatic rings. The van der Waals surface area contributed by atoms with Crippen LogP contribution in [0.1, 0.15) is 10.4 Å². The van der Waals surface area contributed by atoms with Crippen molar-refractivity contribution in [3.05, 3.63) is 17.7 Å². The molecule has 0 aliphatic heterocycles. The molecule has 0 amide bonds. The topological polar surface area (TPSA) is 72.5 Å². The predicted octanol–water partition coefficient (Wildman–Crippen LogP) is 0.795. The SMILES string of the molecule is COc1cc(N)c(C=O)cc1O. The normalized spacial score (nSPS) is 9.42. The molecule has 4 nitrogen and oxygen atoms in total. The van der Waals surface area contributed by atoms with Crippen LogP contribution in [0, 0.1) is 0 Å². The number of nitrogen functional groups attached to an aromatic ring is 1. The van der Waals surface area contributed by atoms with E-state index in [0.717, 1.165) is 0 Å². The fourth-order valence-corrected chi connectivity index (χ4v) is 0.866. The number of aromatic hydroxyl groups is 1. The minimum Gasteiger partial charge on any atom is -0.504 e. The third-order valence-electron chi connectivity index (χ3n) is 1.51. The maximum absolute atomic E-state index is 10.3. The van der Waals surface area contributed by atoms with E-state index >= 15 is 0 Å². The molecule has 1 aromatic carbocycles. The second-order valence-corrected chi connectivity index (χ2v) is 2.27. The van der Waals surface area contributed by atoms with E-state index < -0.39 is 0 Å². The lowest BCUT2D eigenvalue weighted by Gasteiger charge is -2.05. The number of aldehydes is 1. The second-order valence-electron chi connectivity index (χ2n) is 2.27. The van der Waals surface area contributed by atoms with Gasteiger partial charge in [-0.15, -0.1) is 0 Å². The lowest BCUT2D eigenvalue weighted by molar-refractivity contribution is 0.112. The Bertz CT molecular complexity index is 309. The number of nitrogens with two attached hydrogens (primary N) is 1. The number of benzene rings is 1. The van der Waals surface area contributed by atoms with Gasteiger partial charge >= 0.3 is 0 Å². The summed E-state index contributed by atoms with van der Waals surface area (Å²) in [6.07, 6.45) is 0.578. The van der Waals surface area contributed by atoms with Crippen LogP contribution in [0.4, 0.5) is 5.69 Å². The largest absolute Gasteiger partial charge is 0.504 e. The van der Waals surface area contributed by atoms with E-state index in [1.165, 1.54) is 19.2 Å². The van der Waals surface area contributed by atoms with Gasteiger partial charge in [0, 0.05) is 17.3 Å². The Morgan fingerprint density at radius 1 is 1.58 bits per heavy atom. The van der Waals surface area contributed by atoms with E-state index in [1.54, 1.807) is 0 Å². The van der Waals surface area contributed by atoms with Crippen molar-refractivity contribution in [2.45, 2.75) is 0 Å². The Labute approximate surface area is 69.6 Å². The van der Waals surface area contributed by atoms with Crippen molar-refractivity contribution in [3.8, 4) is 11.5 Å². The van der Waals surface area contributed by atoms with Crippen LogP contribution in [0.15, 0.2) is 12.1 Å². The fourth-order valence-electron chi connectivity index (χ4n) is 0.866. The molecular formula is C8H9NO3. The Morgan fingerprint density at radius 2 is 2.25 bits per heavy atom. The Morgan fingerprint density at radius 3 is 2.75 bits per heavy atom. The van der Waals surface area contributed by atoms with Crippen LogP contribution in [-0.4, -0.2) is 18.5 Å². The highest BCUT2D eigenvalue weighted by molar-refractivity contribution is 5.85. The van der Waals surface area contributed by atoms with Crippen LogP contribution in [0.3, 0.4) is 0 Å². The molecule has 0 saturated carbocycles. The summed E-state index contributed by atoms with van der Waals surface area (Å²) in [4.78, 5) is 10.3. The molecule has 0 heterocycles. The van der Waals surface area contributed by atoms with Crippen molar-refractivity contribution in [2.75, 3.05) is 12.8 Å². The summed E-state index contributed by atoms with van der Waals surface area (Å²) in [5.41, 5.74) is 6.00. The van der Waals surface area contributed by atoms with Crippen LogP contribution >= 0.6 is 0 Å². The lowest BCUT2D eigenvalue weighted by atomic mass is 10.2. The molecule has 0 spiro atoms. The zero-order chi connectivity index (χ0) is 9.14. The Hall–Kier alpha value is -1.71. The summed E-state index contributed by atoms with van der Waals surface area (Å²) < 4.78 is 4.78. The molecule has 0 bridgehead atoms. The van der Waals surface area contributed by atoms with Gasteiger partial charge in [0.1, 0.15) is 0 Å². The number of methoxy groups -OCH3 is 1. The highest BCUT2D eigenvalue weighted by Gasteiger charge is 2.05. The highest BCUT2D eigenvalue weighted by Crippen LogP contribution is 2.29. The number of phenols is 1. The second kappa shape index (κ2) is 3.13. The molecule has 64 valence electrons. The van der Waals surface area contributed by atoms with Crippen molar-refractivity contribution in [2.24, 2.45) is 0 Å². The first-order valence-electron chi connectivity index (χ1n) is 3.30. The third-order valence-corrected chi connectivity index (χ3v) is 1.51. The number of carbonyl (C=O) groups is 1. The van der Waals surface area contributed by atoms with E-state index in [1.807, 2.05) is 0 Å². The number of hydrogen-bond donors (Lipinski definition) is 2. The minimum absolute atomic E-state index is 0.0891. The fraction of sp³-hybridized carbons (Fsp3) is 0.125. The van der Waals surface area contributed by atoms with E-state index in [0.29, 0.717) is 12.0 Å². The van der Waals surface area contributed by atoms with Crippen LogP contribution in [0.2, 0.25) is 0 Å². The number of carbonyl (C=O) groups excluding carboxylic acids is 1. The third kappa shape index (κ3) is 1.32. The molecule has 0 aliphatic carbocycles. The van der Waals surface area contributed by atoms with Crippen molar-refractivity contribution < 1.29 is 14.6 Å². The highest BCUT2D eigenvalue weighted by atomic mass is 16.5. The van der Waals surface area contributed by atoms with Gasteiger partial charge in [-0.1, -0.05) is 0 Å². The maximum atomic E-state index is 10.3. The van der Waals surface area contributed by atoms with Crippen LogP contribution in [-0.2, 0) is 0 Å². The summed E-state index contributed by atoms with van der Waals surface area (Å²) in [7, 11) is 1.41. The van der Waals surface area contributed by atoms with E-state index in [-0.39, 0.29) is 17.1 Å². The van der Waals surface area contributed by atoms with Gasteiger partial charge in [0.25, 0.3) is 0 Å². The van der Waals surface area contributed by atoms with Crippen molar-refractivity contribution >= 4 is 12.0 Å². The zero-order valence-electron chi connectivity index (χ0n) is 6.57. The monoisotopic (exact) mass is 167 g/mol. The van der Waals surface area contributed by atoms with Gasteiger partial charge in [0.05, 0.1) is 7.11 Å². The summed E-state index contributed by atoms with van der Waals surface area (Å²) in [5, 5.41) is 9.21. The number of phenolic OH excluding ortho intramolecular Hbond substituents is 1. The van der Waals surface area contributed by atoms with E-state index in [9.17, 15) is 9.90 Å². The number of ether oxygens (including phenoxy) is 1. The van der Waals surface area contributed by atoms with Crippen molar-refractivity contribution in [3.63, 3.8) is 0 Å². The van der Waals surface area contributed by atoms with Gasteiger partial charge in [0.2, 0.25) is 0 Å². The first-order chi connectivity index (χ1) is 5.69. The van der Waals surface area contributed by atoms with Gasteiger partial charge in [-0.2, -0.15) is 0 Å². The Kier molecular flexibility index (Phi) is 2.19. The molecule has 4 heteroatoms. The zero-order valence-corrected chi connectivity index (χ0v) is 6.57. The molecule has 0 saturated heterocycles. The van der Waals surface area contributed by atoms with Crippen molar-refractivity contribution in [1.29, 1.82) is 0 Å². The molecule has 3 N–H and O–H groups in total. The van der Waals surface area contributed by atoms with Gasteiger partial charge in [-0.25, -0.2) is 0 Å². The maximum Gasteiger partial charge on any atom is 0.162 e. The Balaban J connectivity index is 3.25. The molecule has 0 fully saturated rings. The molecule has 12 heavy (non-hydrogen) atoms. The quantitative estimate of drug-likeness (QED) is 0.388. The molecule has 0 aromatic heterocycles. The van der Waals surface area contributed by atoms with Crippen LogP contribution < -0.4 is 10.5 Å². The average molecular weight is 167 g/mol. The molecule has 0 unspecified atom stereocenters. The smallest absolute Gasteiger partial charge is 0.162 e. The predicted molar refractivity (Wildman–Crippen MR) is 44.5 cm³/mol. The number of rotatable bonds is 2. The van der Waals surface area contributed by atoms with Crippen LogP contribution in [0.5, 0.6) is 11.5 Å². The van der Waals surface area contributed by atoms with Gasteiger partial charge < -0.3 is 15.6 Å². The standard InChI is InChI=1S/C8H9NO3/c1-12-8-3-6(9)5(4-10)2-7(8)11/h2-4,11H,9H2,1H3. The summed E-state index contributed by atoms with van der Waals surface area (Å²) >= 11 is 0. The molecule has 1 rings (SSSR count). The van der Waals surface area contributed by atoms with Crippen LogP contribution in [0.25, 0.3) is 0 Å². The van der Waals surface area contributed by atoms with Crippen molar-refractivity contribution in [1.82, 2.24) is 0 Å². The first kappa shape index (κ1) is 8.39. The van der Waals surface area contributed by atoms with Gasteiger partial charge in [-0.3, -0.25) is 4.79 Å². The number of hydrogen-bond acceptors (Lipinski definition) is 4. The molecule has 0 aliphatic rings. The summed E-state index contributed by atoms with van der Waals surface area (Å²) in [6.45, 7) is 0. The van der Waals surface area contributed by atoms with Gasteiger partial charge in [-0.05, 0) is 6.07 Å².